The highest BCUT2D eigenvalue weighted by molar-refractivity contribution is 8.02. The summed E-state index contributed by atoms with van der Waals surface area (Å²) < 4.78 is 0. The van der Waals surface area contributed by atoms with Crippen molar-refractivity contribution >= 4 is 11.8 Å². The van der Waals surface area contributed by atoms with Crippen molar-refractivity contribution in [1.82, 2.24) is 0 Å². The van der Waals surface area contributed by atoms with Gasteiger partial charge in [-0.2, -0.15) is 0 Å². The second kappa shape index (κ2) is 7.00. The van der Waals surface area contributed by atoms with E-state index in [1.54, 1.807) is 24.1 Å². The van der Waals surface area contributed by atoms with Gasteiger partial charge in [-0.05, 0) is 19.1 Å². The van der Waals surface area contributed by atoms with Gasteiger partial charge in [-0.15, -0.1) is 11.8 Å². The van der Waals surface area contributed by atoms with E-state index >= 15 is 0 Å². The summed E-state index contributed by atoms with van der Waals surface area (Å²) in [5, 5.41) is 10.6. The molecule has 0 bridgehead atoms. The molecule has 0 unspecified atom stereocenters. The number of rotatable bonds is 5. The smallest absolute Gasteiger partial charge is 0.0954 e. The van der Waals surface area contributed by atoms with Crippen LogP contribution < -0.4 is 0 Å². The third-order valence-electron chi connectivity index (χ3n) is 1.12. The van der Waals surface area contributed by atoms with Crippen LogP contribution in [0.3, 0.4) is 0 Å². The molecule has 0 aliphatic rings. The molecule has 60 valence electrons. The predicted molar refractivity (Wildman–Crippen MR) is 48.4 cm³/mol. The molecule has 0 saturated heterocycles. The quantitative estimate of drug-likeness (QED) is 0.491. The van der Waals surface area contributed by atoms with Crippen molar-refractivity contribution in [3.05, 3.63) is 11.2 Å². The average Bonchev–Trinajstić information content (AvgIpc) is 1.87. The molecule has 0 heterocycles. The largest absolute Gasteiger partial charge is 0.512 e. The first kappa shape index (κ1) is 9.89. The van der Waals surface area contributed by atoms with Gasteiger partial charge in [0, 0.05) is 5.41 Å². The molecule has 10 heavy (non-hydrogen) atoms. The summed E-state index contributed by atoms with van der Waals surface area (Å²) >= 11 is 1.69. The lowest BCUT2D eigenvalue weighted by Crippen LogP contribution is -1.76. The van der Waals surface area contributed by atoms with Crippen LogP contribution in [0.15, 0.2) is 11.2 Å². The third kappa shape index (κ3) is 7.89. The molecule has 1 nitrogen and oxygen atoms in total. The SMILES string of the molecule is CCCCCS/C=C(/C)O. The van der Waals surface area contributed by atoms with Gasteiger partial charge < -0.3 is 5.11 Å². The van der Waals surface area contributed by atoms with E-state index in [1.165, 1.54) is 19.3 Å². The summed E-state index contributed by atoms with van der Waals surface area (Å²) in [4.78, 5) is 0. The Morgan fingerprint density at radius 2 is 2.20 bits per heavy atom. The van der Waals surface area contributed by atoms with E-state index in [0.29, 0.717) is 5.76 Å². The molecule has 0 saturated carbocycles. The molecule has 0 fully saturated rings. The Balaban J connectivity index is 2.98. The van der Waals surface area contributed by atoms with Crippen molar-refractivity contribution in [3.63, 3.8) is 0 Å². The Hall–Kier alpha value is -0.110. The molecule has 0 aromatic carbocycles. The summed E-state index contributed by atoms with van der Waals surface area (Å²) in [5.74, 6) is 1.55. The standard InChI is InChI=1S/C8H16OS/c1-3-4-5-6-10-7-8(2)9/h7,9H,3-6H2,1-2H3/b8-7-. The molecule has 0 rings (SSSR count). The first-order valence-electron chi connectivity index (χ1n) is 3.74. The van der Waals surface area contributed by atoms with Crippen molar-refractivity contribution in [1.29, 1.82) is 0 Å². The maximum Gasteiger partial charge on any atom is 0.0954 e. The number of thioether (sulfide) groups is 1. The van der Waals surface area contributed by atoms with Crippen molar-refractivity contribution < 1.29 is 5.11 Å². The van der Waals surface area contributed by atoms with Gasteiger partial charge in [0.15, 0.2) is 0 Å². The monoisotopic (exact) mass is 160 g/mol. The van der Waals surface area contributed by atoms with Gasteiger partial charge in [0.25, 0.3) is 0 Å². The van der Waals surface area contributed by atoms with Gasteiger partial charge in [0.05, 0.1) is 5.76 Å². The van der Waals surface area contributed by atoms with Crippen molar-refractivity contribution in [2.45, 2.75) is 33.1 Å². The van der Waals surface area contributed by atoms with Crippen LogP contribution in [0.4, 0.5) is 0 Å². The number of hydrogen-bond acceptors (Lipinski definition) is 2. The highest BCUT2D eigenvalue weighted by atomic mass is 32.2. The number of allylic oxidation sites excluding steroid dienone is 1. The Morgan fingerprint density at radius 3 is 2.70 bits per heavy atom. The maximum absolute atomic E-state index is 8.75. The Morgan fingerprint density at radius 1 is 1.50 bits per heavy atom. The van der Waals surface area contributed by atoms with Crippen molar-refractivity contribution in [2.75, 3.05) is 5.75 Å². The molecular weight excluding hydrogens is 144 g/mol. The van der Waals surface area contributed by atoms with Crippen LogP contribution in [0.5, 0.6) is 0 Å². The van der Waals surface area contributed by atoms with Gasteiger partial charge in [0.1, 0.15) is 0 Å². The van der Waals surface area contributed by atoms with Crippen LogP contribution in [0.2, 0.25) is 0 Å². The van der Waals surface area contributed by atoms with Gasteiger partial charge in [0.2, 0.25) is 0 Å². The number of unbranched alkanes of at least 4 members (excludes halogenated alkanes) is 2. The van der Waals surface area contributed by atoms with Crippen molar-refractivity contribution in [3.8, 4) is 0 Å². The minimum Gasteiger partial charge on any atom is -0.512 e. The maximum atomic E-state index is 8.75. The molecule has 0 radical (unpaired) electrons. The predicted octanol–water partition coefficient (Wildman–Crippen LogP) is 3.33. The molecule has 0 amide bonds. The summed E-state index contributed by atoms with van der Waals surface area (Å²) in [5.41, 5.74) is 0. The Kier molecular flexibility index (Phi) is 6.93. The van der Waals surface area contributed by atoms with Crippen LogP contribution in [0, 0.1) is 0 Å². The lowest BCUT2D eigenvalue weighted by atomic mass is 10.3. The van der Waals surface area contributed by atoms with E-state index in [2.05, 4.69) is 6.92 Å². The van der Waals surface area contributed by atoms with E-state index in [1.807, 2.05) is 0 Å². The minimum absolute atomic E-state index is 0.418. The van der Waals surface area contributed by atoms with E-state index in [4.69, 9.17) is 5.11 Å². The molecule has 1 N–H and O–H groups in total. The average molecular weight is 160 g/mol. The molecular formula is C8H16OS. The molecule has 0 atom stereocenters. The minimum atomic E-state index is 0.418. The zero-order chi connectivity index (χ0) is 7.82. The van der Waals surface area contributed by atoms with Gasteiger partial charge in [-0.1, -0.05) is 19.8 Å². The van der Waals surface area contributed by atoms with Gasteiger partial charge in [-0.3, -0.25) is 0 Å². The lowest BCUT2D eigenvalue weighted by Gasteiger charge is -1.94. The zero-order valence-corrected chi connectivity index (χ0v) is 7.58. The summed E-state index contributed by atoms with van der Waals surface area (Å²) in [6.07, 6.45) is 3.82. The van der Waals surface area contributed by atoms with Gasteiger partial charge in [-0.25, -0.2) is 0 Å². The van der Waals surface area contributed by atoms with Crippen molar-refractivity contribution in [2.24, 2.45) is 0 Å². The zero-order valence-electron chi connectivity index (χ0n) is 6.76. The normalized spacial score (nSPS) is 12.0. The second-order valence-electron chi connectivity index (χ2n) is 2.34. The van der Waals surface area contributed by atoms with E-state index in [9.17, 15) is 0 Å². The highest BCUT2D eigenvalue weighted by Crippen LogP contribution is 2.08. The fourth-order valence-corrected chi connectivity index (χ4v) is 1.34. The van der Waals surface area contributed by atoms with Crippen LogP contribution >= 0.6 is 11.8 Å². The molecule has 0 aliphatic heterocycles. The van der Waals surface area contributed by atoms with Crippen LogP contribution in [0.25, 0.3) is 0 Å². The van der Waals surface area contributed by atoms with Crippen LogP contribution in [-0.2, 0) is 0 Å². The number of hydrogen-bond donors (Lipinski definition) is 1. The highest BCUT2D eigenvalue weighted by Gasteiger charge is 1.85. The fraction of sp³-hybridized carbons (Fsp3) is 0.750. The number of aliphatic hydroxyl groups is 1. The summed E-state index contributed by atoms with van der Waals surface area (Å²) in [6, 6.07) is 0. The second-order valence-corrected chi connectivity index (χ2v) is 3.31. The number of aliphatic hydroxyl groups excluding tert-OH is 1. The molecule has 2 heteroatoms. The first-order chi connectivity index (χ1) is 4.77. The topological polar surface area (TPSA) is 20.2 Å². The summed E-state index contributed by atoms with van der Waals surface area (Å²) in [6.45, 7) is 3.89. The first-order valence-corrected chi connectivity index (χ1v) is 4.79. The Bertz CT molecular complexity index is 95.4. The molecule has 0 aromatic rings. The van der Waals surface area contributed by atoms with E-state index < -0.39 is 0 Å². The van der Waals surface area contributed by atoms with E-state index in [0.717, 1.165) is 5.75 Å². The van der Waals surface area contributed by atoms with Gasteiger partial charge >= 0.3 is 0 Å². The third-order valence-corrected chi connectivity index (χ3v) is 2.15. The fourth-order valence-electron chi connectivity index (χ4n) is 0.615. The van der Waals surface area contributed by atoms with Crippen LogP contribution in [-0.4, -0.2) is 10.9 Å². The summed E-state index contributed by atoms with van der Waals surface area (Å²) in [7, 11) is 0. The Labute approximate surface area is 67.5 Å². The molecule has 0 aliphatic carbocycles. The van der Waals surface area contributed by atoms with E-state index in [-0.39, 0.29) is 0 Å². The molecule has 0 spiro atoms. The van der Waals surface area contributed by atoms with Crippen LogP contribution in [0.1, 0.15) is 33.1 Å². The molecule has 0 aromatic heterocycles. The lowest BCUT2D eigenvalue weighted by molar-refractivity contribution is 0.416.